The van der Waals surface area contributed by atoms with Gasteiger partial charge in [0.2, 0.25) is 0 Å². The zero-order chi connectivity index (χ0) is 14.9. The maximum atomic E-state index is 13.2. The van der Waals surface area contributed by atoms with Gasteiger partial charge in [-0.3, -0.25) is 4.79 Å². The van der Waals surface area contributed by atoms with E-state index in [4.69, 9.17) is 11.6 Å². The number of halogens is 3. The van der Waals surface area contributed by atoms with Crippen LogP contribution in [-0.4, -0.2) is 11.9 Å². The molecule has 0 saturated heterocycles. The Kier molecular flexibility index (Phi) is 4.63. The first-order chi connectivity index (χ1) is 9.40. The second kappa shape index (κ2) is 6.08. The van der Waals surface area contributed by atoms with E-state index in [1.54, 1.807) is 0 Å². The van der Waals surface area contributed by atoms with Crippen LogP contribution in [0, 0.1) is 23.5 Å². The van der Waals surface area contributed by atoms with Gasteiger partial charge in [0.15, 0.2) is 11.6 Å². The van der Waals surface area contributed by atoms with Crippen molar-refractivity contribution in [3.63, 3.8) is 0 Å². The summed E-state index contributed by atoms with van der Waals surface area (Å²) in [5.74, 6) is -1.66. The van der Waals surface area contributed by atoms with Crippen molar-refractivity contribution in [2.24, 2.45) is 11.8 Å². The topological polar surface area (TPSA) is 29.1 Å². The van der Waals surface area contributed by atoms with Gasteiger partial charge in [0.1, 0.15) is 0 Å². The van der Waals surface area contributed by atoms with Crippen molar-refractivity contribution in [2.45, 2.75) is 39.2 Å². The molecule has 1 aliphatic carbocycles. The molecule has 0 spiro atoms. The standard InChI is InChI=1S/C15H18ClF2NO/c1-8-4-3-5-14(9(8)2)19-15(20)10-6-12(17)13(18)7-11(10)16/h6-9,14H,3-5H2,1-2H3,(H,19,20). The zero-order valence-corrected chi connectivity index (χ0v) is 12.3. The molecule has 110 valence electrons. The van der Waals surface area contributed by atoms with E-state index < -0.39 is 17.5 Å². The van der Waals surface area contributed by atoms with Gasteiger partial charge in [-0.25, -0.2) is 8.78 Å². The number of carbonyl (C=O) groups is 1. The van der Waals surface area contributed by atoms with Gasteiger partial charge in [-0.05, 0) is 30.4 Å². The molecule has 1 aliphatic rings. The minimum absolute atomic E-state index is 0.0176. The summed E-state index contributed by atoms with van der Waals surface area (Å²) < 4.78 is 26.2. The van der Waals surface area contributed by atoms with Gasteiger partial charge >= 0.3 is 0 Å². The lowest BCUT2D eigenvalue weighted by Crippen LogP contribution is -2.43. The first kappa shape index (κ1) is 15.2. The summed E-state index contributed by atoms with van der Waals surface area (Å²) >= 11 is 5.81. The molecule has 2 nitrogen and oxygen atoms in total. The zero-order valence-electron chi connectivity index (χ0n) is 11.6. The quantitative estimate of drug-likeness (QED) is 0.816. The maximum Gasteiger partial charge on any atom is 0.253 e. The Morgan fingerprint density at radius 2 is 1.90 bits per heavy atom. The van der Waals surface area contributed by atoms with E-state index >= 15 is 0 Å². The van der Waals surface area contributed by atoms with Crippen LogP contribution in [0.25, 0.3) is 0 Å². The first-order valence-corrected chi connectivity index (χ1v) is 7.23. The Hall–Kier alpha value is -1.16. The van der Waals surface area contributed by atoms with Gasteiger partial charge < -0.3 is 5.32 Å². The highest BCUT2D eigenvalue weighted by atomic mass is 35.5. The van der Waals surface area contributed by atoms with Gasteiger partial charge in [0.05, 0.1) is 10.6 Å². The van der Waals surface area contributed by atoms with Crippen LogP contribution < -0.4 is 5.32 Å². The van der Waals surface area contributed by atoms with Crippen molar-refractivity contribution in [2.75, 3.05) is 0 Å². The van der Waals surface area contributed by atoms with Crippen LogP contribution in [0.3, 0.4) is 0 Å². The van der Waals surface area contributed by atoms with Crippen molar-refractivity contribution in [3.05, 3.63) is 34.4 Å². The molecule has 1 aromatic rings. The highest BCUT2D eigenvalue weighted by Gasteiger charge is 2.29. The molecule has 2 rings (SSSR count). The molecular formula is C15H18ClF2NO. The van der Waals surface area contributed by atoms with Crippen molar-refractivity contribution >= 4 is 17.5 Å². The van der Waals surface area contributed by atoms with Crippen LogP contribution in [0.1, 0.15) is 43.5 Å². The monoisotopic (exact) mass is 301 g/mol. The lowest BCUT2D eigenvalue weighted by atomic mass is 9.78. The second-order valence-electron chi connectivity index (χ2n) is 5.59. The van der Waals surface area contributed by atoms with E-state index in [0.29, 0.717) is 11.8 Å². The minimum atomic E-state index is -1.07. The van der Waals surface area contributed by atoms with E-state index in [9.17, 15) is 13.6 Å². The number of hydrogen-bond acceptors (Lipinski definition) is 1. The van der Waals surface area contributed by atoms with E-state index in [0.717, 1.165) is 31.4 Å². The van der Waals surface area contributed by atoms with Crippen molar-refractivity contribution in [1.29, 1.82) is 0 Å². The fourth-order valence-corrected chi connectivity index (χ4v) is 2.96. The van der Waals surface area contributed by atoms with Gasteiger partial charge in [-0.2, -0.15) is 0 Å². The fraction of sp³-hybridized carbons (Fsp3) is 0.533. The number of nitrogens with one attached hydrogen (secondary N) is 1. The summed E-state index contributed by atoms with van der Waals surface area (Å²) in [6.07, 6.45) is 3.11. The van der Waals surface area contributed by atoms with Crippen molar-refractivity contribution in [3.8, 4) is 0 Å². The molecule has 3 atom stereocenters. The lowest BCUT2D eigenvalue weighted by molar-refractivity contribution is 0.0890. The average Bonchev–Trinajstić information content (AvgIpc) is 2.39. The first-order valence-electron chi connectivity index (χ1n) is 6.85. The Bertz CT molecular complexity index is 521. The molecule has 20 heavy (non-hydrogen) atoms. The van der Waals surface area contributed by atoms with Gasteiger partial charge in [0, 0.05) is 6.04 Å². The van der Waals surface area contributed by atoms with Gasteiger partial charge in [0.25, 0.3) is 5.91 Å². The Balaban J connectivity index is 2.14. The number of rotatable bonds is 2. The molecule has 0 heterocycles. The molecule has 1 aromatic carbocycles. The summed E-state index contributed by atoms with van der Waals surface area (Å²) in [5, 5.41) is 2.82. The molecule has 0 aromatic heterocycles. The molecule has 3 unspecified atom stereocenters. The van der Waals surface area contributed by atoms with Crippen LogP contribution in [0.15, 0.2) is 12.1 Å². The SMILES string of the molecule is CC1CCCC(NC(=O)c2cc(F)c(F)cc2Cl)C1C. The second-order valence-corrected chi connectivity index (χ2v) is 6.00. The van der Waals surface area contributed by atoms with Crippen molar-refractivity contribution in [1.82, 2.24) is 5.32 Å². The summed E-state index contributed by atoms with van der Waals surface area (Å²) in [7, 11) is 0. The fourth-order valence-electron chi connectivity index (χ4n) is 2.73. The molecule has 0 bridgehead atoms. The van der Waals surface area contributed by atoms with Crippen molar-refractivity contribution < 1.29 is 13.6 Å². The number of carbonyl (C=O) groups excluding carboxylic acids is 1. The number of hydrogen-bond donors (Lipinski definition) is 1. The smallest absolute Gasteiger partial charge is 0.253 e. The third-order valence-corrected chi connectivity index (χ3v) is 4.59. The van der Waals surface area contributed by atoms with E-state index in [1.165, 1.54) is 0 Å². The van der Waals surface area contributed by atoms with E-state index in [1.807, 2.05) is 0 Å². The summed E-state index contributed by atoms with van der Waals surface area (Å²) in [6, 6.07) is 1.73. The van der Waals surface area contributed by atoms with E-state index in [2.05, 4.69) is 19.2 Å². The Morgan fingerprint density at radius 1 is 1.25 bits per heavy atom. The summed E-state index contributed by atoms with van der Waals surface area (Å²) in [5.41, 5.74) is -0.0176. The van der Waals surface area contributed by atoms with Crippen LogP contribution in [0.4, 0.5) is 8.78 Å². The Labute approximate surface area is 122 Å². The largest absolute Gasteiger partial charge is 0.349 e. The molecular weight excluding hydrogens is 284 g/mol. The number of amides is 1. The number of benzene rings is 1. The lowest BCUT2D eigenvalue weighted by Gasteiger charge is -2.34. The van der Waals surface area contributed by atoms with Crippen LogP contribution in [0.2, 0.25) is 5.02 Å². The molecule has 1 saturated carbocycles. The normalized spacial score (nSPS) is 26.4. The predicted molar refractivity (Wildman–Crippen MR) is 74.8 cm³/mol. The highest BCUT2D eigenvalue weighted by molar-refractivity contribution is 6.33. The molecule has 0 radical (unpaired) electrons. The third-order valence-electron chi connectivity index (χ3n) is 4.28. The van der Waals surface area contributed by atoms with Crippen LogP contribution in [-0.2, 0) is 0 Å². The van der Waals surface area contributed by atoms with Crippen LogP contribution >= 0.6 is 11.6 Å². The molecule has 0 aliphatic heterocycles. The maximum absolute atomic E-state index is 13.2. The summed E-state index contributed by atoms with van der Waals surface area (Å²) in [6.45, 7) is 4.26. The minimum Gasteiger partial charge on any atom is -0.349 e. The highest BCUT2D eigenvalue weighted by Crippen LogP contribution is 2.30. The van der Waals surface area contributed by atoms with E-state index in [-0.39, 0.29) is 16.6 Å². The summed E-state index contributed by atoms with van der Waals surface area (Å²) in [4.78, 5) is 12.2. The molecule has 1 fully saturated rings. The molecule has 1 N–H and O–H groups in total. The van der Waals surface area contributed by atoms with Gasteiger partial charge in [-0.15, -0.1) is 0 Å². The van der Waals surface area contributed by atoms with Crippen LogP contribution in [0.5, 0.6) is 0 Å². The predicted octanol–water partition coefficient (Wildman–Crippen LogP) is 4.17. The molecule has 5 heteroatoms. The average molecular weight is 302 g/mol. The van der Waals surface area contributed by atoms with Gasteiger partial charge in [-0.1, -0.05) is 38.3 Å². The Morgan fingerprint density at radius 3 is 2.60 bits per heavy atom. The molecule has 1 amide bonds. The third kappa shape index (κ3) is 3.11.